The van der Waals surface area contributed by atoms with Gasteiger partial charge in [0.1, 0.15) is 5.75 Å². The van der Waals surface area contributed by atoms with Gasteiger partial charge < -0.3 is 4.74 Å². The predicted molar refractivity (Wildman–Crippen MR) is 129 cm³/mol. The minimum Gasteiger partial charge on any atom is -0.497 e. The molecule has 1 amide bonds. The van der Waals surface area contributed by atoms with E-state index >= 15 is 0 Å². The molecule has 33 heavy (non-hydrogen) atoms. The van der Waals surface area contributed by atoms with Gasteiger partial charge in [-0.2, -0.15) is 5.10 Å². The van der Waals surface area contributed by atoms with Gasteiger partial charge in [-0.05, 0) is 61.0 Å². The first kappa shape index (κ1) is 22.2. The molecule has 8 nitrogen and oxygen atoms in total. The van der Waals surface area contributed by atoms with Gasteiger partial charge in [-0.15, -0.1) is 10.2 Å². The molecule has 2 heterocycles. The van der Waals surface area contributed by atoms with Gasteiger partial charge >= 0.3 is 0 Å². The van der Waals surface area contributed by atoms with Crippen LogP contribution in [0.5, 0.6) is 5.75 Å². The SMILES string of the molecule is COc1ccc(-c2nnc(SCC(=O)N/N=C/c3ccncc3)n2-c2ccc(C)cc2)cc1. The van der Waals surface area contributed by atoms with Gasteiger partial charge in [-0.1, -0.05) is 29.5 Å². The maximum absolute atomic E-state index is 12.3. The number of thioether (sulfide) groups is 1. The molecule has 9 heteroatoms. The van der Waals surface area contributed by atoms with Gasteiger partial charge in [-0.25, -0.2) is 5.43 Å². The van der Waals surface area contributed by atoms with Crippen LogP contribution in [0, 0.1) is 6.92 Å². The smallest absolute Gasteiger partial charge is 0.250 e. The molecule has 0 aliphatic heterocycles. The molecule has 0 fully saturated rings. The number of pyridine rings is 1. The Morgan fingerprint density at radius 3 is 2.48 bits per heavy atom. The number of hydrogen-bond acceptors (Lipinski definition) is 7. The van der Waals surface area contributed by atoms with Crippen molar-refractivity contribution >= 4 is 23.9 Å². The zero-order valence-corrected chi connectivity index (χ0v) is 19.0. The molecule has 0 radical (unpaired) electrons. The van der Waals surface area contributed by atoms with Crippen LogP contribution in [0.2, 0.25) is 0 Å². The number of methoxy groups -OCH3 is 1. The summed E-state index contributed by atoms with van der Waals surface area (Å²) in [5, 5.41) is 13.4. The number of carbonyl (C=O) groups excluding carboxylic acids is 1. The molecule has 0 bridgehead atoms. The standard InChI is InChI=1S/C24H22N6O2S/c1-17-3-7-20(8-4-17)30-23(19-5-9-21(32-2)10-6-19)28-29-24(30)33-16-22(31)27-26-15-18-11-13-25-14-12-18/h3-15H,16H2,1-2H3,(H,27,31)/b26-15+. The normalized spacial score (nSPS) is 11.0. The van der Waals surface area contributed by atoms with Crippen LogP contribution in [0.3, 0.4) is 0 Å². The second kappa shape index (κ2) is 10.6. The first-order valence-electron chi connectivity index (χ1n) is 10.2. The fourth-order valence-corrected chi connectivity index (χ4v) is 3.75. The van der Waals surface area contributed by atoms with Crippen molar-refractivity contribution in [3.05, 3.63) is 84.2 Å². The van der Waals surface area contributed by atoms with Crippen molar-refractivity contribution in [2.24, 2.45) is 5.10 Å². The Labute approximate surface area is 195 Å². The van der Waals surface area contributed by atoms with E-state index in [4.69, 9.17) is 4.74 Å². The summed E-state index contributed by atoms with van der Waals surface area (Å²) in [5.74, 6) is 1.34. The molecular weight excluding hydrogens is 436 g/mol. The molecule has 0 aliphatic rings. The molecular formula is C24H22N6O2S. The Hall–Kier alpha value is -3.98. The number of rotatable bonds is 8. The van der Waals surface area contributed by atoms with E-state index in [1.165, 1.54) is 11.8 Å². The number of aromatic nitrogens is 4. The van der Waals surface area contributed by atoms with Crippen molar-refractivity contribution in [1.29, 1.82) is 0 Å². The highest BCUT2D eigenvalue weighted by atomic mass is 32.2. The Kier molecular flexibility index (Phi) is 7.11. The summed E-state index contributed by atoms with van der Waals surface area (Å²) < 4.78 is 7.20. The molecule has 0 atom stereocenters. The summed E-state index contributed by atoms with van der Waals surface area (Å²) in [6, 6.07) is 19.3. The van der Waals surface area contributed by atoms with Crippen LogP contribution in [-0.2, 0) is 4.79 Å². The Bertz CT molecular complexity index is 1240. The average Bonchev–Trinajstić information content (AvgIpc) is 3.28. The lowest BCUT2D eigenvalue weighted by Gasteiger charge is -2.11. The number of hydrazone groups is 1. The van der Waals surface area contributed by atoms with Crippen molar-refractivity contribution < 1.29 is 9.53 Å². The fourth-order valence-electron chi connectivity index (χ4n) is 3.01. The Morgan fingerprint density at radius 1 is 1.06 bits per heavy atom. The molecule has 2 aromatic heterocycles. The van der Waals surface area contributed by atoms with Crippen LogP contribution in [0.1, 0.15) is 11.1 Å². The fraction of sp³-hybridized carbons (Fsp3) is 0.125. The van der Waals surface area contributed by atoms with Gasteiger partial charge in [0.05, 0.1) is 19.1 Å². The molecule has 166 valence electrons. The average molecular weight is 459 g/mol. The van der Waals surface area contributed by atoms with Crippen LogP contribution in [-0.4, -0.2) is 44.7 Å². The van der Waals surface area contributed by atoms with E-state index in [0.29, 0.717) is 11.0 Å². The molecule has 0 unspecified atom stereocenters. The van der Waals surface area contributed by atoms with Crippen LogP contribution in [0.15, 0.2) is 83.3 Å². The second-order valence-electron chi connectivity index (χ2n) is 7.07. The molecule has 4 aromatic rings. The predicted octanol–water partition coefficient (Wildman–Crippen LogP) is 3.89. The molecule has 2 aromatic carbocycles. The second-order valence-corrected chi connectivity index (χ2v) is 8.01. The number of nitrogens with one attached hydrogen (secondary N) is 1. The third-order valence-electron chi connectivity index (χ3n) is 4.72. The topological polar surface area (TPSA) is 94.3 Å². The lowest BCUT2D eigenvalue weighted by atomic mass is 10.2. The van der Waals surface area contributed by atoms with Crippen molar-refractivity contribution in [2.75, 3.05) is 12.9 Å². The van der Waals surface area contributed by atoms with E-state index in [0.717, 1.165) is 28.1 Å². The maximum Gasteiger partial charge on any atom is 0.250 e. The highest BCUT2D eigenvalue weighted by Crippen LogP contribution is 2.29. The van der Waals surface area contributed by atoms with E-state index in [-0.39, 0.29) is 11.7 Å². The zero-order valence-electron chi connectivity index (χ0n) is 18.2. The van der Waals surface area contributed by atoms with Gasteiger partial charge in [0.15, 0.2) is 11.0 Å². The summed E-state index contributed by atoms with van der Waals surface area (Å²) in [6.45, 7) is 2.03. The molecule has 4 rings (SSSR count). The quantitative estimate of drug-likeness (QED) is 0.245. The van der Waals surface area contributed by atoms with Gasteiger partial charge in [0.2, 0.25) is 0 Å². The highest BCUT2D eigenvalue weighted by molar-refractivity contribution is 7.99. The Balaban J connectivity index is 1.53. The van der Waals surface area contributed by atoms with Crippen molar-refractivity contribution in [3.63, 3.8) is 0 Å². The third-order valence-corrected chi connectivity index (χ3v) is 5.64. The monoisotopic (exact) mass is 458 g/mol. The number of nitrogens with zero attached hydrogens (tertiary/aromatic N) is 5. The third kappa shape index (κ3) is 5.64. The Morgan fingerprint density at radius 2 is 1.79 bits per heavy atom. The molecule has 0 aliphatic carbocycles. The van der Waals surface area contributed by atoms with Crippen LogP contribution >= 0.6 is 11.8 Å². The number of aryl methyl sites for hydroxylation is 1. The first-order valence-corrected chi connectivity index (χ1v) is 11.1. The van der Waals surface area contributed by atoms with Crippen molar-refractivity contribution in [3.8, 4) is 22.8 Å². The summed E-state index contributed by atoms with van der Waals surface area (Å²) in [6.07, 6.45) is 4.90. The van der Waals surface area contributed by atoms with E-state index < -0.39 is 0 Å². The molecule has 0 saturated carbocycles. The van der Waals surface area contributed by atoms with Gasteiger partial charge in [-0.3, -0.25) is 14.3 Å². The van der Waals surface area contributed by atoms with E-state index in [1.807, 2.05) is 60.0 Å². The summed E-state index contributed by atoms with van der Waals surface area (Å²) in [5.41, 5.74) is 6.34. The maximum atomic E-state index is 12.3. The summed E-state index contributed by atoms with van der Waals surface area (Å²) in [4.78, 5) is 16.3. The number of amides is 1. The first-order chi connectivity index (χ1) is 16.1. The molecule has 0 saturated heterocycles. The van der Waals surface area contributed by atoms with Crippen LogP contribution in [0.4, 0.5) is 0 Å². The van der Waals surface area contributed by atoms with Crippen molar-refractivity contribution in [2.45, 2.75) is 12.1 Å². The number of benzene rings is 2. The number of hydrogen-bond donors (Lipinski definition) is 1. The van der Waals surface area contributed by atoms with Crippen molar-refractivity contribution in [1.82, 2.24) is 25.2 Å². The summed E-state index contributed by atoms with van der Waals surface area (Å²) in [7, 11) is 1.63. The molecule has 1 N–H and O–H groups in total. The molecule has 0 spiro atoms. The van der Waals surface area contributed by atoms with Gasteiger partial charge in [0.25, 0.3) is 5.91 Å². The van der Waals surface area contributed by atoms with Gasteiger partial charge in [0, 0.05) is 23.6 Å². The minimum atomic E-state index is -0.241. The van der Waals surface area contributed by atoms with Crippen LogP contribution < -0.4 is 10.2 Å². The lowest BCUT2D eigenvalue weighted by molar-refractivity contribution is -0.118. The summed E-state index contributed by atoms with van der Waals surface area (Å²) >= 11 is 1.29. The number of carbonyl (C=O) groups is 1. The van der Waals surface area contributed by atoms with E-state index in [9.17, 15) is 4.79 Å². The van der Waals surface area contributed by atoms with E-state index in [1.54, 1.807) is 37.9 Å². The zero-order chi connectivity index (χ0) is 23.0. The highest BCUT2D eigenvalue weighted by Gasteiger charge is 2.17. The minimum absolute atomic E-state index is 0.139. The lowest BCUT2D eigenvalue weighted by Crippen LogP contribution is -2.20. The largest absolute Gasteiger partial charge is 0.497 e. The van der Waals surface area contributed by atoms with Crippen LogP contribution in [0.25, 0.3) is 17.1 Å². The number of ether oxygens (including phenoxy) is 1. The van der Waals surface area contributed by atoms with E-state index in [2.05, 4.69) is 25.7 Å².